The number of anilines is 1. The van der Waals surface area contributed by atoms with Crippen LogP contribution in [0.25, 0.3) is 0 Å². The molecule has 11 heteroatoms. The second-order valence-electron chi connectivity index (χ2n) is 10.8. The number of pyridine rings is 1. The van der Waals surface area contributed by atoms with Crippen LogP contribution in [0.3, 0.4) is 0 Å². The molecule has 1 spiro atoms. The Morgan fingerprint density at radius 2 is 1.95 bits per heavy atom. The van der Waals surface area contributed by atoms with E-state index < -0.39 is 12.2 Å². The Kier molecular flexibility index (Phi) is 8.13. The Morgan fingerprint density at radius 1 is 1.22 bits per heavy atom. The van der Waals surface area contributed by atoms with Gasteiger partial charge in [0.2, 0.25) is 5.95 Å². The van der Waals surface area contributed by atoms with Crippen LogP contribution in [0.1, 0.15) is 67.2 Å². The first-order valence-electron chi connectivity index (χ1n) is 13.4. The summed E-state index contributed by atoms with van der Waals surface area (Å²) in [6.45, 7) is 6.34. The molecule has 3 aromatic rings. The first-order valence-corrected chi connectivity index (χ1v) is 14.2. The van der Waals surface area contributed by atoms with Crippen molar-refractivity contribution in [1.82, 2.24) is 9.88 Å². The molecule has 8 nitrogen and oxygen atoms in total. The number of nitrogen functional groups attached to an aromatic ring is 1. The molecule has 1 fully saturated rings. The molecule has 2 aliphatic heterocycles. The van der Waals surface area contributed by atoms with Crippen molar-refractivity contribution in [3.8, 4) is 17.6 Å². The smallest absolute Gasteiger partial charge is 0.232 e. The van der Waals surface area contributed by atoms with E-state index in [4.69, 9.17) is 49.6 Å². The monoisotopic (exact) mass is 596 g/mol. The van der Waals surface area contributed by atoms with Gasteiger partial charge in [-0.1, -0.05) is 23.2 Å². The van der Waals surface area contributed by atoms with Crippen LogP contribution in [0.15, 0.2) is 36.5 Å². The largest absolute Gasteiger partial charge is 0.485 e. The number of likely N-dealkylation sites (tertiary alicyclic amines) is 1. The van der Waals surface area contributed by atoms with Gasteiger partial charge in [-0.25, -0.2) is 4.98 Å². The predicted octanol–water partition coefficient (Wildman–Crippen LogP) is 6.00. The molecule has 1 atom stereocenters. The maximum Gasteiger partial charge on any atom is 0.232 e. The summed E-state index contributed by atoms with van der Waals surface area (Å²) in [5.41, 5.74) is 14.8. The standard InChI is InChI=1S/C30H31Cl2FN6O2/c1-16(2)39-9-7-30(8-10-39)6-5-17-11-18(12-19(14-34)27(17)41-30)26(36)21-13-20(3-4-23(21)35)40-29(37)24-22(31)15-38-28(33)25(24)32/h3-4,11-13,15-16,29,36H,5-10,35,37H2,1-2H3/t29-/m0/s1. The van der Waals surface area contributed by atoms with Gasteiger partial charge >= 0.3 is 0 Å². The number of ether oxygens (including phenoxy) is 2. The number of aromatic nitrogens is 1. The van der Waals surface area contributed by atoms with Crippen molar-refractivity contribution in [2.75, 3.05) is 18.8 Å². The minimum atomic E-state index is -1.20. The van der Waals surface area contributed by atoms with Gasteiger partial charge in [-0.3, -0.25) is 11.1 Å². The summed E-state index contributed by atoms with van der Waals surface area (Å²) in [6, 6.07) is 11.1. The summed E-state index contributed by atoms with van der Waals surface area (Å²) in [6.07, 6.45) is 3.35. The number of piperidine rings is 1. The Labute approximate surface area is 248 Å². The Balaban J connectivity index is 1.40. The molecule has 0 saturated carbocycles. The molecule has 1 aromatic heterocycles. The van der Waals surface area contributed by atoms with Gasteiger partial charge in [0.15, 0.2) is 6.23 Å². The molecular formula is C30H31Cl2FN6O2. The quantitative estimate of drug-likeness (QED) is 0.137. The van der Waals surface area contributed by atoms with Crippen molar-refractivity contribution in [2.45, 2.75) is 57.4 Å². The lowest BCUT2D eigenvalue weighted by Gasteiger charge is -2.45. The van der Waals surface area contributed by atoms with E-state index >= 15 is 0 Å². The maximum absolute atomic E-state index is 13.9. The van der Waals surface area contributed by atoms with Gasteiger partial charge in [0, 0.05) is 42.1 Å². The average Bonchev–Trinajstić information content (AvgIpc) is 2.95. The van der Waals surface area contributed by atoms with Crippen molar-refractivity contribution in [3.63, 3.8) is 0 Å². The molecule has 2 aliphatic rings. The molecule has 5 rings (SSSR count). The fraction of sp³-hybridized carbons (Fsp3) is 0.367. The van der Waals surface area contributed by atoms with Gasteiger partial charge < -0.3 is 20.1 Å². The summed E-state index contributed by atoms with van der Waals surface area (Å²) in [4.78, 5) is 5.92. The number of nitrogens with one attached hydrogen (secondary N) is 1. The number of rotatable bonds is 6. The van der Waals surface area contributed by atoms with Gasteiger partial charge in [0.25, 0.3) is 0 Å². The van der Waals surface area contributed by atoms with Crippen LogP contribution in [0.4, 0.5) is 10.1 Å². The fourth-order valence-corrected chi connectivity index (χ4v) is 6.11. The molecule has 0 aliphatic carbocycles. The van der Waals surface area contributed by atoms with E-state index in [1.165, 1.54) is 0 Å². The SMILES string of the molecule is CC(C)N1CCC2(CCc3cc(C(=N)c4cc(O[C@H](N)c5c(Cl)cnc(F)c5Cl)ccc4N)cc(C#N)c3O2)CC1. The summed E-state index contributed by atoms with van der Waals surface area (Å²) in [5.74, 6) is -0.0310. The first-order chi connectivity index (χ1) is 19.5. The lowest BCUT2D eigenvalue weighted by molar-refractivity contribution is -0.0213. The van der Waals surface area contributed by atoms with Crippen LogP contribution >= 0.6 is 23.2 Å². The maximum atomic E-state index is 13.9. The van der Waals surface area contributed by atoms with E-state index in [2.05, 4.69) is 29.8 Å². The van der Waals surface area contributed by atoms with Gasteiger partial charge in [-0.15, -0.1) is 0 Å². The Hall–Kier alpha value is -3.42. The van der Waals surface area contributed by atoms with E-state index in [0.717, 1.165) is 50.5 Å². The number of nitrogens with two attached hydrogens (primary N) is 2. The van der Waals surface area contributed by atoms with Crippen LogP contribution in [0.2, 0.25) is 10.0 Å². The van der Waals surface area contributed by atoms with Crippen molar-refractivity contribution in [1.29, 1.82) is 10.7 Å². The third kappa shape index (κ3) is 5.70. The highest BCUT2D eigenvalue weighted by molar-refractivity contribution is 6.35. The zero-order valence-corrected chi connectivity index (χ0v) is 24.3. The molecule has 1 saturated heterocycles. The summed E-state index contributed by atoms with van der Waals surface area (Å²) in [7, 11) is 0. The Bertz CT molecular complexity index is 1550. The van der Waals surface area contributed by atoms with E-state index in [-0.39, 0.29) is 32.7 Å². The molecule has 5 N–H and O–H groups in total. The van der Waals surface area contributed by atoms with Crippen LogP contribution < -0.4 is 20.9 Å². The number of halogens is 3. The van der Waals surface area contributed by atoms with Crippen LogP contribution in [0, 0.1) is 22.7 Å². The summed E-state index contributed by atoms with van der Waals surface area (Å²) < 4.78 is 26.3. The van der Waals surface area contributed by atoms with Gasteiger partial charge in [0.1, 0.15) is 28.2 Å². The average molecular weight is 598 g/mol. The molecule has 0 amide bonds. The molecule has 41 heavy (non-hydrogen) atoms. The molecule has 2 aromatic carbocycles. The van der Waals surface area contributed by atoms with E-state index in [1.807, 2.05) is 6.07 Å². The zero-order valence-electron chi connectivity index (χ0n) is 22.8. The highest BCUT2D eigenvalue weighted by Crippen LogP contribution is 2.42. The number of nitrogens with zero attached hydrogens (tertiary/aromatic N) is 3. The number of fused-ring (bicyclic) bond motifs is 1. The summed E-state index contributed by atoms with van der Waals surface area (Å²) >= 11 is 12.2. The normalized spacial score (nSPS) is 17.0. The predicted molar refractivity (Wildman–Crippen MR) is 157 cm³/mol. The van der Waals surface area contributed by atoms with E-state index in [9.17, 15) is 9.65 Å². The van der Waals surface area contributed by atoms with Gasteiger partial charge in [0.05, 0.1) is 21.9 Å². The minimum absolute atomic E-state index is 0.0512. The number of hydrogen-bond donors (Lipinski definition) is 3. The second-order valence-corrected chi connectivity index (χ2v) is 11.6. The van der Waals surface area contributed by atoms with Crippen molar-refractivity contribution >= 4 is 34.6 Å². The lowest BCUT2D eigenvalue weighted by Crippen LogP contribution is -2.51. The molecule has 214 valence electrons. The van der Waals surface area contributed by atoms with Crippen molar-refractivity contribution in [3.05, 3.63) is 80.3 Å². The molecule has 0 radical (unpaired) electrons. The third-order valence-electron chi connectivity index (χ3n) is 7.99. The minimum Gasteiger partial charge on any atom is -0.485 e. The second kappa shape index (κ2) is 11.5. The molecule has 3 heterocycles. The van der Waals surface area contributed by atoms with Crippen molar-refractivity contribution in [2.24, 2.45) is 5.73 Å². The third-order valence-corrected chi connectivity index (χ3v) is 8.65. The van der Waals surface area contributed by atoms with Gasteiger partial charge in [-0.05, 0) is 75.4 Å². The number of aryl methyl sites for hydroxylation is 1. The van der Waals surface area contributed by atoms with Crippen LogP contribution in [-0.4, -0.2) is 40.3 Å². The molecule has 0 bridgehead atoms. The molecule has 0 unspecified atom stereocenters. The highest BCUT2D eigenvalue weighted by Gasteiger charge is 2.41. The van der Waals surface area contributed by atoms with E-state index in [0.29, 0.717) is 34.2 Å². The summed E-state index contributed by atoms with van der Waals surface area (Å²) in [5, 5.41) is 18.7. The Morgan fingerprint density at radius 3 is 2.63 bits per heavy atom. The number of hydrogen-bond acceptors (Lipinski definition) is 8. The number of nitriles is 1. The van der Waals surface area contributed by atoms with Gasteiger partial charge in [-0.2, -0.15) is 9.65 Å². The molecular weight excluding hydrogens is 566 g/mol. The fourth-order valence-electron chi connectivity index (χ4n) is 5.56. The van der Waals surface area contributed by atoms with Crippen LogP contribution in [0.5, 0.6) is 11.5 Å². The van der Waals surface area contributed by atoms with E-state index in [1.54, 1.807) is 24.3 Å². The zero-order chi connectivity index (χ0) is 29.5. The van der Waals surface area contributed by atoms with Crippen molar-refractivity contribution < 1.29 is 13.9 Å². The highest BCUT2D eigenvalue weighted by atomic mass is 35.5. The van der Waals surface area contributed by atoms with Crippen LogP contribution in [-0.2, 0) is 6.42 Å². The first kappa shape index (κ1) is 29.1. The lowest BCUT2D eigenvalue weighted by atomic mass is 9.81. The number of benzene rings is 2. The topological polar surface area (TPSA) is 134 Å².